The van der Waals surface area contributed by atoms with Crippen molar-refractivity contribution in [1.82, 2.24) is 14.5 Å². The molecule has 0 saturated carbocycles. The number of phenols is 1. The van der Waals surface area contributed by atoms with Crippen LogP contribution in [0.3, 0.4) is 0 Å². The largest absolute Gasteiger partial charge is 0.507 e. The Labute approximate surface area is 355 Å². The van der Waals surface area contributed by atoms with Gasteiger partial charge >= 0.3 is 0 Å². The summed E-state index contributed by atoms with van der Waals surface area (Å²) in [5.41, 5.74) is 13.2. The summed E-state index contributed by atoms with van der Waals surface area (Å²) in [7, 11) is -1.43. The van der Waals surface area contributed by atoms with Crippen molar-refractivity contribution in [2.24, 2.45) is 0 Å². The van der Waals surface area contributed by atoms with Crippen LogP contribution in [-0.2, 0) is 21.1 Å². The molecule has 6 aromatic carbocycles. The van der Waals surface area contributed by atoms with Crippen LogP contribution in [0.25, 0.3) is 83.7 Å². The SMILES string of the molecule is CC(C)c1cc(-c2ccc([Si](C)(C)C)cc2)cc(C(C)C)c1-n1c(-c2[c-]c(-c3cccc(-c4ccccc4O)n3)c3oc4ccccc4c3c2)nc2ccccc21.[Pt]. The Morgan fingerprint density at radius 3 is 2.02 bits per heavy atom. The Hall–Kier alpha value is -5.55. The minimum atomic E-state index is -1.43. The number of pyridine rings is 1. The van der Waals surface area contributed by atoms with Gasteiger partial charge in [-0.3, -0.25) is 9.97 Å². The van der Waals surface area contributed by atoms with Crippen LogP contribution in [0.5, 0.6) is 5.75 Å². The molecule has 0 unspecified atom stereocenters. The number of phenolic OH excluding ortho intramolecular Hbond substituents is 1. The van der Waals surface area contributed by atoms with Crippen LogP contribution in [0.2, 0.25) is 19.6 Å². The average molecular weight is 956 g/mol. The zero-order valence-electron chi connectivity index (χ0n) is 33.9. The van der Waals surface area contributed by atoms with Gasteiger partial charge in [-0.05, 0) is 88.0 Å². The molecule has 7 heteroatoms. The maximum absolute atomic E-state index is 10.8. The summed E-state index contributed by atoms with van der Waals surface area (Å²) in [5, 5.41) is 14.2. The second-order valence-corrected chi connectivity index (χ2v) is 21.8. The molecular formula is C51H46N3O2PtSi-. The molecule has 0 aliphatic rings. The first kappa shape index (κ1) is 39.3. The van der Waals surface area contributed by atoms with E-state index in [1.807, 2.05) is 54.6 Å². The second kappa shape index (κ2) is 15.3. The minimum absolute atomic E-state index is 0. The fourth-order valence-corrected chi connectivity index (χ4v) is 9.23. The number of aromatic nitrogens is 3. The Bertz CT molecular complexity index is 2940. The van der Waals surface area contributed by atoms with Gasteiger partial charge in [0.05, 0.1) is 36.2 Å². The van der Waals surface area contributed by atoms with E-state index in [0.717, 1.165) is 50.0 Å². The van der Waals surface area contributed by atoms with Gasteiger partial charge in [0.2, 0.25) is 0 Å². The van der Waals surface area contributed by atoms with Crippen molar-refractivity contribution in [2.75, 3.05) is 0 Å². The second-order valence-electron chi connectivity index (χ2n) is 16.7. The number of imidazole rings is 1. The monoisotopic (exact) mass is 955 g/mol. The van der Waals surface area contributed by atoms with Gasteiger partial charge < -0.3 is 14.1 Å². The molecule has 0 bridgehead atoms. The molecule has 3 aromatic heterocycles. The first-order valence-electron chi connectivity index (χ1n) is 19.9. The molecule has 0 radical (unpaired) electrons. The molecule has 0 fully saturated rings. The number of rotatable bonds is 8. The van der Waals surface area contributed by atoms with Crippen LogP contribution in [0, 0.1) is 6.07 Å². The third-order valence-electron chi connectivity index (χ3n) is 11.1. The standard InChI is InChI=1S/C51H46N3O2Si.Pt/c1-31(2)39-27-34(33-23-25-36(26-24-33)57(5,6)7)28-40(32(3)4)49(39)54-46-20-11-10-17-45(46)53-51(54)35-29-41-37-15-9-13-22-48(37)56-50(41)42(30-35)44-19-14-18-43(52-44)38-16-8-12-21-47(38)55;/h8-29,31-32,55H,1-7H3;/q-1;. The van der Waals surface area contributed by atoms with Crippen LogP contribution in [0.1, 0.15) is 50.7 Å². The molecule has 0 aliphatic carbocycles. The third kappa shape index (κ3) is 6.93. The van der Waals surface area contributed by atoms with E-state index in [2.05, 4.69) is 131 Å². The van der Waals surface area contributed by atoms with Crippen molar-refractivity contribution >= 4 is 46.2 Å². The van der Waals surface area contributed by atoms with Crippen LogP contribution in [0.4, 0.5) is 0 Å². The topological polar surface area (TPSA) is 64.1 Å². The fourth-order valence-electron chi connectivity index (χ4n) is 8.06. The van der Waals surface area contributed by atoms with Crippen molar-refractivity contribution in [3.8, 4) is 56.5 Å². The Kier molecular flexibility index (Phi) is 10.4. The first-order chi connectivity index (χ1) is 27.5. The molecule has 0 aliphatic heterocycles. The van der Waals surface area contributed by atoms with E-state index in [1.165, 1.54) is 27.4 Å². The van der Waals surface area contributed by atoms with Gasteiger partial charge in [-0.25, -0.2) is 0 Å². The number of hydrogen-bond acceptors (Lipinski definition) is 4. The molecule has 292 valence electrons. The van der Waals surface area contributed by atoms with E-state index in [9.17, 15) is 5.11 Å². The Morgan fingerprint density at radius 2 is 1.31 bits per heavy atom. The molecule has 0 spiro atoms. The van der Waals surface area contributed by atoms with Gasteiger partial charge in [-0.1, -0.05) is 143 Å². The quantitative estimate of drug-likeness (QED) is 0.122. The normalized spacial score (nSPS) is 11.9. The molecule has 1 N–H and O–H groups in total. The average Bonchev–Trinajstić information content (AvgIpc) is 3.79. The molecule has 9 aromatic rings. The molecule has 5 nitrogen and oxygen atoms in total. The maximum atomic E-state index is 10.8. The van der Waals surface area contributed by atoms with Gasteiger partial charge in [0.15, 0.2) is 0 Å². The number of nitrogens with zero attached hydrogens (tertiary/aromatic N) is 3. The molecule has 3 heterocycles. The van der Waals surface area contributed by atoms with Crippen LogP contribution in [-0.4, -0.2) is 27.7 Å². The van der Waals surface area contributed by atoms with E-state index >= 15 is 0 Å². The summed E-state index contributed by atoms with van der Waals surface area (Å²) >= 11 is 0. The summed E-state index contributed by atoms with van der Waals surface area (Å²) in [4.78, 5) is 10.5. The predicted octanol–water partition coefficient (Wildman–Crippen LogP) is 13.3. The Balaban J connectivity index is 0.00000469. The van der Waals surface area contributed by atoms with E-state index in [0.29, 0.717) is 22.5 Å². The molecule has 0 saturated heterocycles. The zero-order chi connectivity index (χ0) is 39.6. The molecule has 9 rings (SSSR count). The third-order valence-corrected chi connectivity index (χ3v) is 13.2. The van der Waals surface area contributed by atoms with Crippen molar-refractivity contribution in [3.63, 3.8) is 0 Å². The maximum Gasteiger partial charge on any atom is 0.124 e. The summed E-state index contributed by atoms with van der Waals surface area (Å²) in [6.07, 6.45) is 0. The van der Waals surface area contributed by atoms with Gasteiger partial charge in [-0.2, -0.15) is 0 Å². The van der Waals surface area contributed by atoms with E-state index in [-0.39, 0.29) is 38.7 Å². The number of para-hydroxylation sites is 4. The summed E-state index contributed by atoms with van der Waals surface area (Å²) in [6.45, 7) is 16.3. The number of hydrogen-bond donors (Lipinski definition) is 1. The van der Waals surface area contributed by atoms with E-state index in [1.54, 1.807) is 6.07 Å². The molecule has 58 heavy (non-hydrogen) atoms. The minimum Gasteiger partial charge on any atom is -0.507 e. The van der Waals surface area contributed by atoms with E-state index < -0.39 is 8.07 Å². The summed E-state index contributed by atoms with van der Waals surface area (Å²) in [6, 6.07) is 49.8. The molecule has 0 atom stereocenters. The molecule has 0 amide bonds. The van der Waals surface area contributed by atoms with Crippen molar-refractivity contribution < 1.29 is 30.6 Å². The van der Waals surface area contributed by atoms with Gasteiger partial charge in [0.25, 0.3) is 0 Å². The van der Waals surface area contributed by atoms with Crippen LogP contribution < -0.4 is 5.19 Å². The van der Waals surface area contributed by atoms with Gasteiger partial charge in [0, 0.05) is 43.4 Å². The van der Waals surface area contributed by atoms with Crippen LogP contribution >= 0.6 is 0 Å². The summed E-state index contributed by atoms with van der Waals surface area (Å²) in [5.74, 6) is 1.44. The predicted molar refractivity (Wildman–Crippen MR) is 240 cm³/mol. The fraction of sp³-hybridized carbons (Fsp3) is 0.176. The van der Waals surface area contributed by atoms with Gasteiger partial charge in [0.1, 0.15) is 11.3 Å². The smallest absolute Gasteiger partial charge is 0.124 e. The molecular weight excluding hydrogens is 910 g/mol. The first-order valence-corrected chi connectivity index (χ1v) is 23.4. The van der Waals surface area contributed by atoms with Crippen molar-refractivity contribution in [3.05, 3.63) is 151 Å². The summed E-state index contributed by atoms with van der Waals surface area (Å²) < 4.78 is 8.98. The van der Waals surface area contributed by atoms with Crippen molar-refractivity contribution in [1.29, 1.82) is 0 Å². The van der Waals surface area contributed by atoms with Crippen LogP contribution in [0.15, 0.2) is 138 Å². The number of fused-ring (bicyclic) bond motifs is 4. The Morgan fingerprint density at radius 1 is 0.655 bits per heavy atom. The van der Waals surface area contributed by atoms with Crippen molar-refractivity contribution in [2.45, 2.75) is 59.2 Å². The zero-order valence-corrected chi connectivity index (χ0v) is 37.1. The number of furan rings is 1. The van der Waals surface area contributed by atoms with E-state index in [4.69, 9.17) is 14.4 Å². The number of aromatic hydroxyl groups is 1. The number of benzene rings is 6. The van der Waals surface area contributed by atoms with Gasteiger partial charge in [-0.15, -0.1) is 12.1 Å².